The number of hydrogen-bond acceptors (Lipinski definition) is 1. The fraction of sp³-hybridized carbons (Fsp3) is 0.364. The molecule has 0 aliphatic carbocycles. The number of nitrogens with one attached hydrogen (secondary N) is 1. The van der Waals surface area contributed by atoms with E-state index in [4.69, 9.17) is 11.6 Å². The quantitative estimate of drug-likeness (QED) is 0.734. The van der Waals surface area contributed by atoms with Crippen LogP contribution in [0.15, 0.2) is 23.0 Å². The largest absolute Gasteiger partial charge is 0.279 e. The van der Waals surface area contributed by atoms with Gasteiger partial charge in [-0.15, -0.1) is 0 Å². The second-order valence-corrected chi connectivity index (χ2v) is 5.05. The SMILES string of the molecule is CC(C)(C)n1[nH]c(=O)c2cc(Cl)ccc21. The van der Waals surface area contributed by atoms with E-state index >= 15 is 0 Å². The van der Waals surface area contributed by atoms with Crippen LogP contribution in [-0.2, 0) is 5.54 Å². The van der Waals surface area contributed by atoms with Crippen molar-refractivity contribution < 1.29 is 0 Å². The summed E-state index contributed by atoms with van der Waals surface area (Å²) in [7, 11) is 0. The number of benzene rings is 1. The molecular weight excluding hydrogens is 212 g/mol. The molecule has 3 nitrogen and oxygen atoms in total. The molecule has 2 aromatic rings. The van der Waals surface area contributed by atoms with Crippen LogP contribution in [0.2, 0.25) is 5.02 Å². The lowest BCUT2D eigenvalue weighted by Gasteiger charge is -2.21. The first-order valence-electron chi connectivity index (χ1n) is 4.80. The Morgan fingerprint density at radius 2 is 2.00 bits per heavy atom. The monoisotopic (exact) mass is 224 g/mol. The highest BCUT2D eigenvalue weighted by Crippen LogP contribution is 2.21. The summed E-state index contributed by atoms with van der Waals surface area (Å²) in [5, 5.41) is 4.04. The van der Waals surface area contributed by atoms with E-state index in [-0.39, 0.29) is 11.1 Å². The summed E-state index contributed by atoms with van der Waals surface area (Å²) < 4.78 is 1.86. The van der Waals surface area contributed by atoms with E-state index in [0.717, 1.165) is 5.52 Å². The molecule has 1 aromatic heterocycles. The number of H-pyrrole nitrogens is 1. The van der Waals surface area contributed by atoms with E-state index in [1.807, 2.05) is 31.5 Å². The molecule has 4 heteroatoms. The van der Waals surface area contributed by atoms with Gasteiger partial charge in [-0.25, -0.2) is 0 Å². The first kappa shape index (κ1) is 10.3. The van der Waals surface area contributed by atoms with Gasteiger partial charge in [-0.05, 0) is 39.0 Å². The van der Waals surface area contributed by atoms with Crippen LogP contribution < -0.4 is 5.56 Å². The van der Waals surface area contributed by atoms with E-state index in [1.165, 1.54) is 0 Å². The summed E-state index contributed by atoms with van der Waals surface area (Å²) in [6.45, 7) is 6.12. The van der Waals surface area contributed by atoms with Crippen LogP contribution in [-0.4, -0.2) is 9.78 Å². The molecule has 0 atom stereocenters. The first-order chi connectivity index (χ1) is 6.89. The lowest BCUT2D eigenvalue weighted by atomic mass is 10.1. The van der Waals surface area contributed by atoms with Crippen LogP contribution in [0.25, 0.3) is 10.9 Å². The van der Waals surface area contributed by atoms with E-state index in [0.29, 0.717) is 10.4 Å². The average Bonchev–Trinajstić information content (AvgIpc) is 2.43. The van der Waals surface area contributed by atoms with Crippen molar-refractivity contribution in [1.29, 1.82) is 0 Å². The average molecular weight is 225 g/mol. The predicted octanol–water partition coefficient (Wildman–Crippen LogP) is 2.74. The Balaban J connectivity index is 2.86. The van der Waals surface area contributed by atoms with Crippen molar-refractivity contribution >= 4 is 22.5 Å². The maximum atomic E-state index is 11.7. The lowest BCUT2D eigenvalue weighted by Crippen LogP contribution is -2.24. The molecule has 0 saturated carbocycles. The normalized spacial score (nSPS) is 12.3. The minimum absolute atomic E-state index is 0.0950. The Kier molecular flexibility index (Phi) is 2.15. The smallest absolute Gasteiger partial charge is 0.272 e. The van der Waals surface area contributed by atoms with Gasteiger partial charge < -0.3 is 0 Å². The van der Waals surface area contributed by atoms with Crippen molar-refractivity contribution in [1.82, 2.24) is 9.78 Å². The highest BCUT2D eigenvalue weighted by atomic mass is 35.5. The molecule has 1 aromatic carbocycles. The molecule has 0 saturated heterocycles. The molecule has 2 rings (SSSR count). The molecule has 80 valence electrons. The zero-order valence-electron chi connectivity index (χ0n) is 8.97. The summed E-state index contributed by atoms with van der Waals surface area (Å²) in [5.41, 5.74) is 0.647. The van der Waals surface area contributed by atoms with E-state index in [9.17, 15) is 4.79 Å². The molecule has 0 spiro atoms. The number of fused-ring (bicyclic) bond motifs is 1. The second kappa shape index (κ2) is 3.14. The molecule has 0 amide bonds. The van der Waals surface area contributed by atoms with Crippen LogP contribution >= 0.6 is 11.6 Å². The highest BCUT2D eigenvalue weighted by Gasteiger charge is 2.17. The predicted molar refractivity (Wildman–Crippen MR) is 62.6 cm³/mol. The second-order valence-electron chi connectivity index (χ2n) is 4.61. The fourth-order valence-electron chi connectivity index (χ4n) is 1.64. The topological polar surface area (TPSA) is 37.8 Å². The van der Waals surface area contributed by atoms with E-state index in [2.05, 4.69) is 5.10 Å². The summed E-state index contributed by atoms with van der Waals surface area (Å²) in [6, 6.07) is 5.35. The Hall–Kier alpha value is -1.22. The Labute approximate surface area is 92.6 Å². The summed E-state index contributed by atoms with van der Waals surface area (Å²) in [4.78, 5) is 11.7. The van der Waals surface area contributed by atoms with Gasteiger partial charge in [-0.3, -0.25) is 14.6 Å². The van der Waals surface area contributed by atoms with Gasteiger partial charge in [0, 0.05) is 5.02 Å². The molecular formula is C11H13ClN2O. The number of aromatic nitrogens is 2. The minimum atomic E-state index is -0.144. The van der Waals surface area contributed by atoms with Gasteiger partial charge in [0.25, 0.3) is 5.56 Å². The zero-order chi connectivity index (χ0) is 11.2. The minimum Gasteiger partial charge on any atom is -0.279 e. The molecule has 0 radical (unpaired) electrons. The molecule has 0 aliphatic rings. The summed E-state index contributed by atoms with van der Waals surface area (Å²) >= 11 is 5.85. The highest BCUT2D eigenvalue weighted by molar-refractivity contribution is 6.31. The van der Waals surface area contributed by atoms with Gasteiger partial charge in [0.2, 0.25) is 0 Å². The van der Waals surface area contributed by atoms with Gasteiger partial charge in [0.05, 0.1) is 16.4 Å². The van der Waals surface area contributed by atoms with Gasteiger partial charge in [0.15, 0.2) is 0 Å². The zero-order valence-corrected chi connectivity index (χ0v) is 9.72. The maximum absolute atomic E-state index is 11.7. The van der Waals surface area contributed by atoms with Crippen molar-refractivity contribution in [2.24, 2.45) is 0 Å². The lowest BCUT2D eigenvalue weighted by molar-refractivity contribution is 0.366. The van der Waals surface area contributed by atoms with Gasteiger partial charge >= 0.3 is 0 Å². The standard InChI is InChI=1S/C11H13ClN2O/c1-11(2,3)14-9-5-4-7(12)6-8(9)10(15)13-14/h4-6H,1-3H3,(H,13,15). The van der Waals surface area contributed by atoms with Crippen LogP contribution in [0, 0.1) is 0 Å². The Bertz CT molecular complexity index is 560. The number of halogens is 1. The fourth-order valence-corrected chi connectivity index (χ4v) is 1.81. The number of hydrogen-bond donors (Lipinski definition) is 1. The third kappa shape index (κ3) is 1.67. The van der Waals surface area contributed by atoms with Gasteiger partial charge in [-0.2, -0.15) is 0 Å². The third-order valence-corrected chi connectivity index (χ3v) is 2.56. The van der Waals surface area contributed by atoms with E-state index in [1.54, 1.807) is 12.1 Å². The number of rotatable bonds is 0. The van der Waals surface area contributed by atoms with Crippen LogP contribution in [0.3, 0.4) is 0 Å². The molecule has 0 aliphatic heterocycles. The van der Waals surface area contributed by atoms with Crippen molar-refractivity contribution in [3.05, 3.63) is 33.6 Å². The summed E-state index contributed by atoms with van der Waals surface area (Å²) in [6.07, 6.45) is 0. The number of nitrogens with zero attached hydrogens (tertiary/aromatic N) is 1. The number of aromatic amines is 1. The molecule has 0 bridgehead atoms. The molecule has 1 N–H and O–H groups in total. The Morgan fingerprint density at radius 1 is 1.33 bits per heavy atom. The summed E-state index contributed by atoms with van der Waals surface area (Å²) in [5.74, 6) is 0. The van der Waals surface area contributed by atoms with Gasteiger partial charge in [0.1, 0.15) is 0 Å². The van der Waals surface area contributed by atoms with Gasteiger partial charge in [-0.1, -0.05) is 11.6 Å². The van der Waals surface area contributed by atoms with Crippen molar-refractivity contribution in [3.8, 4) is 0 Å². The Morgan fingerprint density at radius 3 is 2.60 bits per heavy atom. The van der Waals surface area contributed by atoms with Crippen LogP contribution in [0.1, 0.15) is 20.8 Å². The molecule has 1 heterocycles. The van der Waals surface area contributed by atoms with Crippen LogP contribution in [0.5, 0.6) is 0 Å². The molecule has 0 unspecified atom stereocenters. The molecule has 15 heavy (non-hydrogen) atoms. The maximum Gasteiger partial charge on any atom is 0.272 e. The van der Waals surface area contributed by atoms with Crippen molar-refractivity contribution in [3.63, 3.8) is 0 Å². The third-order valence-electron chi connectivity index (χ3n) is 2.33. The van der Waals surface area contributed by atoms with E-state index < -0.39 is 0 Å². The van der Waals surface area contributed by atoms with Crippen molar-refractivity contribution in [2.75, 3.05) is 0 Å². The van der Waals surface area contributed by atoms with Crippen LogP contribution in [0.4, 0.5) is 0 Å². The molecule has 0 fully saturated rings. The van der Waals surface area contributed by atoms with Crippen molar-refractivity contribution in [2.45, 2.75) is 26.3 Å². The first-order valence-corrected chi connectivity index (χ1v) is 5.18.